The second-order valence-electron chi connectivity index (χ2n) is 6.45. The van der Waals surface area contributed by atoms with E-state index >= 15 is 0 Å². The summed E-state index contributed by atoms with van der Waals surface area (Å²) in [4.78, 5) is 14.3. The van der Waals surface area contributed by atoms with Crippen LogP contribution in [0.3, 0.4) is 0 Å². The van der Waals surface area contributed by atoms with Gasteiger partial charge in [-0.3, -0.25) is 0 Å². The van der Waals surface area contributed by atoms with Crippen molar-refractivity contribution in [1.29, 1.82) is 5.26 Å². The average Bonchev–Trinajstić information content (AvgIpc) is 3.21. The van der Waals surface area contributed by atoms with Gasteiger partial charge < -0.3 is 9.80 Å². The molecule has 0 saturated carbocycles. The third-order valence-corrected chi connectivity index (χ3v) is 5.88. The van der Waals surface area contributed by atoms with Crippen LogP contribution in [-0.2, 0) is 12.8 Å². The molecule has 27 heavy (non-hydrogen) atoms. The highest BCUT2D eigenvalue weighted by Gasteiger charge is 2.25. The zero-order valence-electron chi connectivity index (χ0n) is 15.5. The Hall–Kier alpha value is -2.79. The molecule has 0 aromatic carbocycles. The molecule has 3 aromatic heterocycles. The molecule has 138 valence electrons. The predicted octanol–water partition coefficient (Wildman–Crippen LogP) is 2.80. The number of thiophene rings is 1. The number of hydrogen-bond acceptors (Lipinski definition) is 8. The van der Waals surface area contributed by atoms with E-state index in [0.717, 1.165) is 72.1 Å². The summed E-state index contributed by atoms with van der Waals surface area (Å²) in [6.45, 7) is 7.34. The van der Waals surface area contributed by atoms with E-state index in [1.54, 1.807) is 17.7 Å². The normalized spacial score (nSPS) is 14.6. The number of nitriles is 1. The number of nitrogens with zero attached hydrogens (tertiary/aromatic N) is 7. The molecule has 0 atom stereocenters. The van der Waals surface area contributed by atoms with Gasteiger partial charge in [0.1, 0.15) is 28.6 Å². The Kier molecular flexibility index (Phi) is 4.86. The van der Waals surface area contributed by atoms with Gasteiger partial charge in [-0.15, -0.1) is 16.4 Å². The van der Waals surface area contributed by atoms with Crippen LogP contribution in [0.5, 0.6) is 0 Å². The first-order valence-corrected chi connectivity index (χ1v) is 10.1. The summed E-state index contributed by atoms with van der Waals surface area (Å²) in [7, 11) is 0. The van der Waals surface area contributed by atoms with Gasteiger partial charge in [0, 0.05) is 26.2 Å². The molecule has 0 spiro atoms. The van der Waals surface area contributed by atoms with Crippen LogP contribution >= 0.6 is 11.3 Å². The van der Waals surface area contributed by atoms with E-state index in [-0.39, 0.29) is 0 Å². The van der Waals surface area contributed by atoms with Crippen molar-refractivity contribution in [1.82, 2.24) is 20.2 Å². The van der Waals surface area contributed by atoms with E-state index in [1.165, 1.54) is 0 Å². The smallest absolute Gasteiger partial charge is 0.169 e. The van der Waals surface area contributed by atoms with E-state index in [2.05, 4.69) is 61.3 Å². The molecule has 0 amide bonds. The lowest BCUT2D eigenvalue weighted by molar-refractivity contribution is 0.636. The minimum atomic E-state index is 0.681. The quantitative estimate of drug-likeness (QED) is 0.689. The van der Waals surface area contributed by atoms with Crippen LogP contribution in [0.4, 0.5) is 11.6 Å². The van der Waals surface area contributed by atoms with Crippen molar-refractivity contribution in [2.75, 3.05) is 36.0 Å². The van der Waals surface area contributed by atoms with Crippen molar-refractivity contribution in [2.24, 2.45) is 0 Å². The summed E-state index contributed by atoms with van der Waals surface area (Å²) in [5.41, 5.74) is 2.64. The molecule has 4 rings (SSSR count). The van der Waals surface area contributed by atoms with Gasteiger partial charge in [0.05, 0.1) is 11.1 Å². The number of fused-ring (bicyclic) bond motifs is 1. The van der Waals surface area contributed by atoms with Crippen molar-refractivity contribution in [3.8, 4) is 6.07 Å². The Morgan fingerprint density at radius 1 is 1.04 bits per heavy atom. The number of rotatable bonds is 4. The van der Waals surface area contributed by atoms with Crippen molar-refractivity contribution in [3.63, 3.8) is 0 Å². The van der Waals surface area contributed by atoms with E-state index in [4.69, 9.17) is 0 Å². The largest absolute Gasteiger partial charge is 0.352 e. The topological polar surface area (TPSA) is 81.8 Å². The fourth-order valence-corrected chi connectivity index (χ4v) is 4.39. The maximum Gasteiger partial charge on any atom is 0.169 e. The molecule has 8 heteroatoms. The van der Waals surface area contributed by atoms with Crippen LogP contribution in [0, 0.1) is 11.3 Å². The first-order valence-electron chi connectivity index (χ1n) is 9.23. The highest BCUT2D eigenvalue weighted by molar-refractivity contribution is 7.16. The van der Waals surface area contributed by atoms with Gasteiger partial charge in [0.2, 0.25) is 0 Å². The molecular weight excluding hydrogens is 358 g/mol. The number of aromatic nitrogens is 4. The Balaban J connectivity index is 1.58. The lowest BCUT2D eigenvalue weighted by Gasteiger charge is -2.36. The van der Waals surface area contributed by atoms with Gasteiger partial charge in [-0.05, 0) is 29.9 Å². The molecule has 1 aliphatic rings. The summed E-state index contributed by atoms with van der Waals surface area (Å²) in [5, 5.41) is 21.7. The van der Waals surface area contributed by atoms with Gasteiger partial charge in [0.25, 0.3) is 0 Å². The van der Waals surface area contributed by atoms with Crippen LogP contribution in [0.25, 0.3) is 10.2 Å². The van der Waals surface area contributed by atoms with Crippen molar-refractivity contribution >= 4 is 33.2 Å². The second kappa shape index (κ2) is 7.45. The summed E-state index contributed by atoms with van der Waals surface area (Å²) >= 11 is 1.63. The van der Waals surface area contributed by atoms with Gasteiger partial charge in [0.15, 0.2) is 5.82 Å². The molecule has 3 aromatic rings. The van der Waals surface area contributed by atoms with Crippen LogP contribution < -0.4 is 9.80 Å². The maximum atomic E-state index is 9.74. The van der Waals surface area contributed by atoms with E-state index < -0.39 is 0 Å². The molecule has 0 aliphatic carbocycles. The summed E-state index contributed by atoms with van der Waals surface area (Å²) in [6, 6.07) is 4.46. The van der Waals surface area contributed by atoms with E-state index in [9.17, 15) is 5.26 Å². The molecular formula is C19H21N7S. The summed E-state index contributed by atoms with van der Waals surface area (Å²) in [5.74, 6) is 1.71. The van der Waals surface area contributed by atoms with Gasteiger partial charge >= 0.3 is 0 Å². The lowest BCUT2D eigenvalue weighted by atomic mass is 10.0. The summed E-state index contributed by atoms with van der Waals surface area (Å²) in [6.07, 6.45) is 3.23. The molecule has 0 bridgehead atoms. The van der Waals surface area contributed by atoms with Crippen LogP contribution in [0.15, 0.2) is 17.8 Å². The number of aryl methyl sites for hydroxylation is 1. The Morgan fingerprint density at radius 2 is 1.78 bits per heavy atom. The fraction of sp³-hybridized carbons (Fsp3) is 0.421. The minimum absolute atomic E-state index is 0.681. The average molecular weight is 379 g/mol. The van der Waals surface area contributed by atoms with Crippen molar-refractivity contribution in [3.05, 3.63) is 34.6 Å². The summed E-state index contributed by atoms with van der Waals surface area (Å²) < 4.78 is 0. The lowest BCUT2D eigenvalue weighted by Crippen LogP contribution is -2.47. The predicted molar refractivity (Wildman–Crippen MR) is 107 cm³/mol. The minimum Gasteiger partial charge on any atom is -0.352 e. The van der Waals surface area contributed by atoms with E-state index in [1.807, 2.05) is 0 Å². The standard InChI is InChI=1S/C19H21N7S/c1-3-13-15(11-20)18(24-23-16(13)4-2)26-8-6-25(7-9-26)17-14-5-10-27-19(14)22-12-21-17/h5,10,12H,3-4,6-9H2,1-2H3. The Bertz CT molecular complexity index is 999. The molecule has 0 radical (unpaired) electrons. The van der Waals surface area contributed by atoms with Crippen LogP contribution in [0.2, 0.25) is 0 Å². The molecule has 7 nitrogen and oxygen atoms in total. The van der Waals surface area contributed by atoms with Gasteiger partial charge in [-0.1, -0.05) is 13.8 Å². The third-order valence-electron chi connectivity index (χ3n) is 5.06. The zero-order valence-corrected chi connectivity index (χ0v) is 16.3. The van der Waals surface area contributed by atoms with Gasteiger partial charge in [-0.2, -0.15) is 10.4 Å². The molecule has 4 heterocycles. The highest BCUT2D eigenvalue weighted by Crippen LogP contribution is 2.29. The number of piperazine rings is 1. The molecule has 0 N–H and O–H groups in total. The highest BCUT2D eigenvalue weighted by atomic mass is 32.1. The first kappa shape index (κ1) is 17.6. The second-order valence-corrected chi connectivity index (χ2v) is 7.35. The first-order chi connectivity index (χ1) is 13.3. The molecule has 1 aliphatic heterocycles. The number of anilines is 2. The molecule has 0 unspecified atom stereocenters. The molecule has 1 fully saturated rings. The van der Waals surface area contributed by atoms with Crippen LogP contribution in [-0.4, -0.2) is 46.3 Å². The fourth-order valence-electron chi connectivity index (χ4n) is 3.66. The van der Waals surface area contributed by atoms with E-state index in [0.29, 0.717) is 5.56 Å². The van der Waals surface area contributed by atoms with Crippen molar-refractivity contribution in [2.45, 2.75) is 26.7 Å². The Morgan fingerprint density at radius 3 is 2.44 bits per heavy atom. The number of hydrogen-bond donors (Lipinski definition) is 0. The maximum absolute atomic E-state index is 9.74. The van der Waals surface area contributed by atoms with Gasteiger partial charge in [-0.25, -0.2) is 9.97 Å². The Labute approximate surface area is 162 Å². The third kappa shape index (κ3) is 3.08. The van der Waals surface area contributed by atoms with Crippen LogP contribution in [0.1, 0.15) is 30.7 Å². The van der Waals surface area contributed by atoms with Crippen molar-refractivity contribution < 1.29 is 0 Å². The molecule has 1 saturated heterocycles. The SMILES string of the molecule is CCc1nnc(N2CCN(c3ncnc4sccc34)CC2)c(C#N)c1CC. The zero-order chi connectivity index (χ0) is 18.8. The monoisotopic (exact) mass is 379 g/mol.